The molecule has 2 N–H and O–H groups in total. The molecule has 102 valence electrons. The summed E-state index contributed by atoms with van der Waals surface area (Å²) < 4.78 is 0. The van der Waals surface area contributed by atoms with Gasteiger partial charge in [0.2, 0.25) is 0 Å². The van der Waals surface area contributed by atoms with E-state index in [9.17, 15) is 5.11 Å². The predicted molar refractivity (Wildman–Crippen MR) is 75.9 cm³/mol. The van der Waals surface area contributed by atoms with E-state index in [1.54, 1.807) is 0 Å². The summed E-state index contributed by atoms with van der Waals surface area (Å²) in [4.78, 5) is 0. The van der Waals surface area contributed by atoms with Crippen LogP contribution in [0.25, 0.3) is 0 Å². The molecule has 0 unspecified atom stereocenters. The molecule has 0 aliphatic rings. The van der Waals surface area contributed by atoms with Gasteiger partial charge in [-0.15, -0.1) is 0 Å². The van der Waals surface area contributed by atoms with E-state index in [4.69, 9.17) is 5.11 Å². The maximum Gasteiger partial charge on any atom is 0.102 e. The van der Waals surface area contributed by atoms with Crippen molar-refractivity contribution in [2.24, 2.45) is 0 Å². The van der Waals surface area contributed by atoms with Crippen molar-refractivity contribution in [1.29, 1.82) is 0 Å². The Balaban J connectivity index is 3.39. The van der Waals surface area contributed by atoms with Crippen LogP contribution in [0, 0.1) is 0 Å². The molecule has 1 aromatic carbocycles. The molecule has 2 nitrogen and oxygen atoms in total. The summed E-state index contributed by atoms with van der Waals surface area (Å²) in [5.41, 5.74) is 3.25. The van der Waals surface area contributed by atoms with Gasteiger partial charge in [-0.25, -0.2) is 0 Å². The van der Waals surface area contributed by atoms with Gasteiger partial charge in [-0.05, 0) is 27.5 Å². The number of aliphatic hydroxyl groups excluding tert-OH is 2. The van der Waals surface area contributed by atoms with Gasteiger partial charge < -0.3 is 10.2 Å². The summed E-state index contributed by atoms with van der Waals surface area (Å²) in [6.45, 7) is 12.7. The van der Waals surface area contributed by atoms with Gasteiger partial charge in [0, 0.05) is 0 Å². The molecule has 0 aliphatic heterocycles. The van der Waals surface area contributed by atoms with E-state index in [2.05, 4.69) is 47.6 Å². The molecule has 0 heterocycles. The zero-order valence-corrected chi connectivity index (χ0v) is 12.4. The minimum Gasteiger partial charge on any atom is -0.393 e. The third-order valence-corrected chi connectivity index (χ3v) is 3.25. The molecule has 0 saturated heterocycles. The maximum atomic E-state index is 9.86. The van der Waals surface area contributed by atoms with E-state index in [-0.39, 0.29) is 17.4 Å². The highest BCUT2D eigenvalue weighted by atomic mass is 16.3. The van der Waals surface area contributed by atoms with E-state index in [1.165, 1.54) is 11.1 Å². The van der Waals surface area contributed by atoms with Crippen LogP contribution in [0.3, 0.4) is 0 Å². The Hall–Kier alpha value is -0.860. The summed E-state index contributed by atoms with van der Waals surface area (Å²) >= 11 is 0. The first-order chi connectivity index (χ1) is 8.05. The second-order valence-corrected chi connectivity index (χ2v) is 7.04. The van der Waals surface area contributed by atoms with Gasteiger partial charge in [0.15, 0.2) is 0 Å². The molecule has 1 aromatic rings. The summed E-state index contributed by atoms with van der Waals surface area (Å²) in [7, 11) is 0. The van der Waals surface area contributed by atoms with Crippen LogP contribution in [0.1, 0.15) is 64.3 Å². The van der Waals surface area contributed by atoms with Gasteiger partial charge in [-0.3, -0.25) is 0 Å². The lowest BCUT2D eigenvalue weighted by Crippen LogP contribution is -2.18. The van der Waals surface area contributed by atoms with Crippen LogP contribution >= 0.6 is 0 Å². The average Bonchev–Trinajstić information content (AvgIpc) is 2.25. The van der Waals surface area contributed by atoms with E-state index < -0.39 is 6.10 Å². The average molecular weight is 250 g/mol. The lowest BCUT2D eigenvalue weighted by atomic mass is 9.79. The van der Waals surface area contributed by atoms with Crippen molar-refractivity contribution in [3.05, 3.63) is 34.9 Å². The molecule has 0 saturated carbocycles. The Morgan fingerprint density at radius 3 is 1.56 bits per heavy atom. The van der Waals surface area contributed by atoms with Crippen molar-refractivity contribution in [1.82, 2.24) is 0 Å². The highest BCUT2D eigenvalue weighted by molar-refractivity contribution is 5.38. The third kappa shape index (κ3) is 3.56. The van der Waals surface area contributed by atoms with Crippen molar-refractivity contribution in [3.8, 4) is 0 Å². The van der Waals surface area contributed by atoms with Crippen molar-refractivity contribution in [3.63, 3.8) is 0 Å². The van der Waals surface area contributed by atoms with Crippen molar-refractivity contribution in [2.75, 3.05) is 6.61 Å². The molecule has 18 heavy (non-hydrogen) atoms. The lowest BCUT2D eigenvalue weighted by molar-refractivity contribution is 0.0954. The molecule has 0 spiro atoms. The second-order valence-electron chi connectivity index (χ2n) is 7.04. The van der Waals surface area contributed by atoms with Crippen molar-refractivity contribution >= 4 is 0 Å². The van der Waals surface area contributed by atoms with Crippen LogP contribution in [0.5, 0.6) is 0 Å². The van der Waals surface area contributed by atoms with Gasteiger partial charge in [0.25, 0.3) is 0 Å². The van der Waals surface area contributed by atoms with Gasteiger partial charge in [0.1, 0.15) is 6.10 Å². The van der Waals surface area contributed by atoms with Crippen LogP contribution in [-0.4, -0.2) is 16.8 Å². The Morgan fingerprint density at radius 1 is 0.889 bits per heavy atom. The van der Waals surface area contributed by atoms with Crippen LogP contribution in [0.2, 0.25) is 0 Å². The first-order valence-electron chi connectivity index (χ1n) is 6.50. The quantitative estimate of drug-likeness (QED) is 0.845. The number of rotatable bonds is 2. The fourth-order valence-corrected chi connectivity index (χ4v) is 1.82. The fraction of sp³-hybridized carbons (Fsp3) is 0.625. The summed E-state index contributed by atoms with van der Waals surface area (Å²) in [6.07, 6.45) is -0.798. The normalized spacial score (nSPS) is 14.7. The van der Waals surface area contributed by atoms with Crippen LogP contribution in [0.4, 0.5) is 0 Å². The zero-order valence-electron chi connectivity index (χ0n) is 12.4. The second kappa shape index (κ2) is 5.02. The number of benzene rings is 1. The molecule has 1 rings (SSSR count). The molecule has 1 atom stereocenters. The van der Waals surface area contributed by atoms with Crippen molar-refractivity contribution < 1.29 is 10.2 Å². The third-order valence-electron chi connectivity index (χ3n) is 3.25. The molecule has 0 aromatic heterocycles. The largest absolute Gasteiger partial charge is 0.393 e. The highest BCUT2D eigenvalue weighted by Gasteiger charge is 2.21. The number of aliphatic hydroxyl groups is 2. The summed E-state index contributed by atoms with van der Waals surface area (Å²) in [5, 5.41) is 19.0. The Kier molecular flexibility index (Phi) is 4.24. The summed E-state index contributed by atoms with van der Waals surface area (Å²) in [6, 6.07) is 6.19. The fourth-order valence-electron chi connectivity index (χ4n) is 1.82. The summed E-state index contributed by atoms with van der Waals surface area (Å²) in [5.74, 6) is 0. The van der Waals surface area contributed by atoms with Crippen LogP contribution in [0.15, 0.2) is 18.2 Å². The van der Waals surface area contributed by atoms with Gasteiger partial charge >= 0.3 is 0 Å². The molecule has 0 amide bonds. The van der Waals surface area contributed by atoms with Gasteiger partial charge in [-0.1, -0.05) is 59.7 Å². The van der Waals surface area contributed by atoms with Gasteiger partial charge in [0.05, 0.1) is 6.61 Å². The Labute approximate surface area is 111 Å². The van der Waals surface area contributed by atoms with E-state index in [1.807, 2.05) is 12.1 Å². The molecule has 2 heteroatoms. The topological polar surface area (TPSA) is 40.5 Å². The highest BCUT2D eigenvalue weighted by Crippen LogP contribution is 2.31. The zero-order chi connectivity index (χ0) is 14.1. The van der Waals surface area contributed by atoms with Crippen LogP contribution in [-0.2, 0) is 10.8 Å². The first kappa shape index (κ1) is 15.2. The van der Waals surface area contributed by atoms with E-state index in [0.717, 1.165) is 5.56 Å². The SMILES string of the molecule is CC(C)(C)c1cc([C@@H](O)CO)cc(C(C)(C)C)c1. The molecular formula is C16H26O2. The van der Waals surface area contributed by atoms with Crippen molar-refractivity contribution in [2.45, 2.75) is 58.5 Å². The first-order valence-corrected chi connectivity index (χ1v) is 6.50. The molecule has 0 radical (unpaired) electrons. The molecule has 0 aliphatic carbocycles. The monoisotopic (exact) mass is 250 g/mol. The van der Waals surface area contributed by atoms with E-state index in [0.29, 0.717) is 0 Å². The minimum atomic E-state index is -0.798. The standard InChI is InChI=1S/C16H26O2/c1-15(2,3)12-7-11(14(18)10-17)8-13(9-12)16(4,5)6/h7-9,14,17-18H,10H2,1-6H3/t14-/m0/s1. The van der Waals surface area contributed by atoms with E-state index >= 15 is 0 Å². The minimum absolute atomic E-state index is 0.0329. The Bertz CT molecular complexity index is 376. The molecule has 0 fully saturated rings. The Morgan fingerprint density at radius 2 is 1.28 bits per heavy atom. The van der Waals surface area contributed by atoms with Crippen LogP contribution < -0.4 is 0 Å². The smallest absolute Gasteiger partial charge is 0.102 e. The molecule has 0 bridgehead atoms. The number of hydrogen-bond acceptors (Lipinski definition) is 2. The maximum absolute atomic E-state index is 9.86. The lowest BCUT2D eigenvalue weighted by Gasteiger charge is -2.27. The van der Waals surface area contributed by atoms with Gasteiger partial charge in [-0.2, -0.15) is 0 Å². The molecular weight excluding hydrogens is 224 g/mol. The number of hydrogen-bond donors (Lipinski definition) is 2. The predicted octanol–water partition coefficient (Wildman–Crippen LogP) is 3.31.